The number of fused-ring (bicyclic) bond motifs is 1. The largest absolute Gasteiger partial charge is 0.475 e. The maximum atomic E-state index is 10.7. The van der Waals surface area contributed by atoms with Gasteiger partial charge >= 0.3 is 5.97 Å². The molecule has 1 aromatic heterocycles. The highest BCUT2D eigenvalue weighted by Crippen LogP contribution is 2.20. The number of aromatic carboxylic acids is 1. The molecule has 0 spiro atoms. The third-order valence-electron chi connectivity index (χ3n) is 3.33. The van der Waals surface area contributed by atoms with Gasteiger partial charge in [0.05, 0.1) is 12.7 Å². The molecule has 0 radical (unpaired) electrons. The summed E-state index contributed by atoms with van der Waals surface area (Å²) in [6.45, 7) is 2.32. The van der Waals surface area contributed by atoms with E-state index in [2.05, 4.69) is 28.1 Å². The first kappa shape index (κ1) is 11.9. The Kier molecular flexibility index (Phi) is 3.05. The number of hydrogen-bond acceptors (Lipinski definition) is 4. The Balaban J connectivity index is 1.70. The Morgan fingerprint density at radius 2 is 2.16 bits per heavy atom. The molecule has 0 unspecified atom stereocenters. The van der Waals surface area contributed by atoms with Gasteiger partial charge in [0.25, 0.3) is 0 Å². The lowest BCUT2D eigenvalue weighted by atomic mass is 10.00. The summed E-state index contributed by atoms with van der Waals surface area (Å²) in [6.07, 6.45) is 2.26. The summed E-state index contributed by atoms with van der Waals surface area (Å²) in [5, 5.41) is 8.79. The minimum atomic E-state index is -1.08. The molecule has 1 aliphatic heterocycles. The Hall–Kier alpha value is -2.14. The molecule has 2 aromatic rings. The van der Waals surface area contributed by atoms with Crippen LogP contribution < -0.4 is 0 Å². The van der Waals surface area contributed by atoms with Crippen LogP contribution in [-0.2, 0) is 19.5 Å². The van der Waals surface area contributed by atoms with Crippen LogP contribution in [0.3, 0.4) is 0 Å². The van der Waals surface area contributed by atoms with Crippen LogP contribution >= 0.6 is 0 Å². The highest BCUT2D eigenvalue weighted by Gasteiger charge is 2.18. The van der Waals surface area contributed by atoms with Crippen LogP contribution in [0.25, 0.3) is 0 Å². The van der Waals surface area contributed by atoms with Crippen molar-refractivity contribution in [3.63, 3.8) is 0 Å². The van der Waals surface area contributed by atoms with E-state index in [1.54, 1.807) is 0 Å². The lowest BCUT2D eigenvalue weighted by Crippen LogP contribution is -2.30. The second-order valence-corrected chi connectivity index (χ2v) is 4.65. The molecular weight excluding hydrogens is 244 g/mol. The fraction of sp³-hybridized carbons (Fsp3) is 0.286. The monoisotopic (exact) mass is 258 g/mol. The van der Waals surface area contributed by atoms with E-state index in [1.165, 1.54) is 17.3 Å². The summed E-state index contributed by atoms with van der Waals surface area (Å²) in [5.74, 6) is -0.730. The van der Waals surface area contributed by atoms with Crippen LogP contribution in [0.5, 0.6) is 0 Å². The predicted molar refractivity (Wildman–Crippen MR) is 67.7 cm³/mol. The van der Waals surface area contributed by atoms with Gasteiger partial charge < -0.3 is 9.52 Å². The van der Waals surface area contributed by atoms with Gasteiger partial charge in [0.2, 0.25) is 11.7 Å². The van der Waals surface area contributed by atoms with Gasteiger partial charge in [0, 0.05) is 13.1 Å². The Morgan fingerprint density at radius 3 is 2.89 bits per heavy atom. The zero-order valence-electron chi connectivity index (χ0n) is 10.4. The molecule has 98 valence electrons. The van der Waals surface area contributed by atoms with E-state index in [0.717, 1.165) is 19.5 Å². The molecule has 0 saturated heterocycles. The third-order valence-corrected chi connectivity index (χ3v) is 3.33. The first-order chi connectivity index (χ1) is 9.22. The zero-order chi connectivity index (χ0) is 13.2. The maximum absolute atomic E-state index is 10.7. The van der Waals surface area contributed by atoms with Crippen LogP contribution in [0.2, 0.25) is 0 Å². The average molecular weight is 258 g/mol. The predicted octanol–water partition coefficient (Wildman–Crippen LogP) is 1.93. The van der Waals surface area contributed by atoms with Gasteiger partial charge in [-0.1, -0.05) is 24.3 Å². The topological polar surface area (TPSA) is 66.6 Å². The number of nitrogens with zero attached hydrogens (tertiary/aromatic N) is 2. The van der Waals surface area contributed by atoms with Crippen LogP contribution in [-0.4, -0.2) is 27.5 Å². The van der Waals surface area contributed by atoms with Crippen LogP contribution in [0.4, 0.5) is 0 Å². The standard InChI is InChI=1S/C14H14N2O3/c17-14(18)12-7-15-13(19-12)9-16-6-5-10-3-1-2-4-11(10)8-16/h1-4,7H,5-6,8-9H2,(H,17,18). The Bertz CT molecular complexity index is 606. The first-order valence-corrected chi connectivity index (χ1v) is 6.19. The van der Waals surface area contributed by atoms with Crippen molar-refractivity contribution in [2.75, 3.05) is 6.54 Å². The molecular formula is C14H14N2O3. The van der Waals surface area contributed by atoms with Crippen molar-refractivity contribution in [1.82, 2.24) is 9.88 Å². The number of carboxylic acids is 1. The molecule has 3 rings (SSSR count). The summed E-state index contributed by atoms with van der Waals surface area (Å²) in [7, 11) is 0. The Labute approximate surface area is 110 Å². The molecule has 0 fully saturated rings. The van der Waals surface area contributed by atoms with E-state index >= 15 is 0 Å². The average Bonchev–Trinajstić information content (AvgIpc) is 2.87. The van der Waals surface area contributed by atoms with Gasteiger partial charge in [-0.3, -0.25) is 4.90 Å². The van der Waals surface area contributed by atoms with E-state index in [1.807, 2.05) is 6.07 Å². The fourth-order valence-electron chi connectivity index (χ4n) is 2.36. The number of benzene rings is 1. The number of oxazole rings is 1. The second kappa shape index (κ2) is 4.85. The number of aromatic nitrogens is 1. The van der Waals surface area contributed by atoms with E-state index in [9.17, 15) is 4.79 Å². The molecule has 5 nitrogen and oxygen atoms in total. The van der Waals surface area contributed by atoms with E-state index in [0.29, 0.717) is 12.4 Å². The molecule has 0 atom stereocenters. The molecule has 0 saturated carbocycles. The summed E-state index contributed by atoms with van der Waals surface area (Å²) >= 11 is 0. The SMILES string of the molecule is O=C(O)c1cnc(CN2CCc3ccccc3C2)o1. The fourth-order valence-corrected chi connectivity index (χ4v) is 2.36. The summed E-state index contributed by atoms with van der Waals surface area (Å²) in [6, 6.07) is 8.37. The smallest absolute Gasteiger partial charge is 0.373 e. The first-order valence-electron chi connectivity index (χ1n) is 6.19. The van der Waals surface area contributed by atoms with Crippen molar-refractivity contribution in [2.24, 2.45) is 0 Å². The quantitative estimate of drug-likeness (QED) is 0.911. The van der Waals surface area contributed by atoms with Gasteiger partial charge in [0.15, 0.2) is 0 Å². The molecule has 0 amide bonds. The van der Waals surface area contributed by atoms with Crippen molar-refractivity contribution in [2.45, 2.75) is 19.5 Å². The molecule has 0 aliphatic carbocycles. The van der Waals surface area contributed by atoms with E-state index in [4.69, 9.17) is 9.52 Å². The molecule has 0 bridgehead atoms. The van der Waals surface area contributed by atoms with Gasteiger partial charge in [0.1, 0.15) is 0 Å². The highest BCUT2D eigenvalue weighted by atomic mass is 16.4. The number of rotatable bonds is 3. The number of carbonyl (C=O) groups is 1. The molecule has 19 heavy (non-hydrogen) atoms. The molecule has 5 heteroatoms. The van der Waals surface area contributed by atoms with E-state index in [-0.39, 0.29) is 5.76 Å². The van der Waals surface area contributed by atoms with Crippen molar-refractivity contribution < 1.29 is 14.3 Å². The van der Waals surface area contributed by atoms with Gasteiger partial charge in [-0.25, -0.2) is 9.78 Å². The Morgan fingerprint density at radius 1 is 1.37 bits per heavy atom. The summed E-state index contributed by atoms with van der Waals surface area (Å²) in [5.41, 5.74) is 2.70. The van der Waals surface area contributed by atoms with Crippen molar-refractivity contribution in [3.05, 3.63) is 53.2 Å². The molecule has 1 aromatic carbocycles. The second-order valence-electron chi connectivity index (χ2n) is 4.65. The summed E-state index contributed by atoms with van der Waals surface area (Å²) in [4.78, 5) is 16.9. The van der Waals surface area contributed by atoms with Crippen LogP contribution in [0, 0.1) is 0 Å². The lowest BCUT2D eigenvalue weighted by Gasteiger charge is -2.27. The third kappa shape index (κ3) is 2.51. The van der Waals surface area contributed by atoms with Gasteiger partial charge in [-0.15, -0.1) is 0 Å². The minimum absolute atomic E-state index is 0.104. The maximum Gasteiger partial charge on any atom is 0.373 e. The van der Waals surface area contributed by atoms with Crippen LogP contribution in [0.1, 0.15) is 27.6 Å². The van der Waals surface area contributed by atoms with Crippen molar-refractivity contribution in [3.8, 4) is 0 Å². The van der Waals surface area contributed by atoms with E-state index < -0.39 is 5.97 Å². The molecule has 1 aliphatic rings. The zero-order valence-corrected chi connectivity index (χ0v) is 10.4. The van der Waals surface area contributed by atoms with Crippen molar-refractivity contribution >= 4 is 5.97 Å². The number of carboxylic acid groups (broad SMARTS) is 1. The van der Waals surface area contributed by atoms with Crippen molar-refractivity contribution in [1.29, 1.82) is 0 Å². The highest BCUT2D eigenvalue weighted by molar-refractivity contribution is 5.83. The van der Waals surface area contributed by atoms with Gasteiger partial charge in [-0.2, -0.15) is 0 Å². The van der Waals surface area contributed by atoms with Crippen LogP contribution in [0.15, 0.2) is 34.9 Å². The normalized spacial score (nSPS) is 15.2. The van der Waals surface area contributed by atoms with Gasteiger partial charge in [-0.05, 0) is 17.5 Å². The molecule has 1 N–H and O–H groups in total. The number of hydrogen-bond donors (Lipinski definition) is 1. The summed E-state index contributed by atoms with van der Waals surface area (Å²) < 4.78 is 5.18. The molecule has 2 heterocycles. The minimum Gasteiger partial charge on any atom is -0.475 e. The lowest BCUT2D eigenvalue weighted by molar-refractivity contribution is 0.0658.